The molecule has 2 aromatic rings. The summed E-state index contributed by atoms with van der Waals surface area (Å²) >= 11 is 0. The van der Waals surface area contributed by atoms with Gasteiger partial charge in [0.1, 0.15) is 17.6 Å². The number of rotatable bonds is 16. The minimum absolute atomic E-state index is 0.339. The molecule has 0 heterocycles. The van der Waals surface area contributed by atoms with Crippen molar-refractivity contribution in [2.75, 3.05) is 19.8 Å². The highest BCUT2D eigenvalue weighted by Gasteiger charge is 2.14. The highest BCUT2D eigenvalue weighted by molar-refractivity contribution is 5.92. The number of hydrogen-bond donors (Lipinski definition) is 0. The molecule has 1 unspecified atom stereocenters. The maximum absolute atomic E-state index is 12.4. The lowest BCUT2D eigenvalue weighted by molar-refractivity contribution is 0.00226. The summed E-state index contributed by atoms with van der Waals surface area (Å²) < 4.78 is 21.9. The van der Waals surface area contributed by atoms with Crippen molar-refractivity contribution < 1.29 is 28.5 Å². The predicted octanol–water partition coefficient (Wildman–Crippen LogP) is 6.62. The van der Waals surface area contributed by atoms with E-state index in [2.05, 4.69) is 6.92 Å². The summed E-state index contributed by atoms with van der Waals surface area (Å²) in [6.07, 6.45) is 7.86. The number of benzene rings is 2. The van der Waals surface area contributed by atoms with E-state index in [1.165, 1.54) is 32.1 Å². The zero-order chi connectivity index (χ0) is 24.6. The maximum atomic E-state index is 12.4. The third-order valence-corrected chi connectivity index (χ3v) is 5.17. The quantitative estimate of drug-likeness (QED) is 0.156. The average Bonchev–Trinajstić information content (AvgIpc) is 2.84. The Hall–Kier alpha value is -2.86. The highest BCUT2D eigenvalue weighted by atomic mass is 16.6. The maximum Gasteiger partial charge on any atom is 0.343 e. The molecule has 0 aliphatic rings. The molecule has 6 heteroatoms. The van der Waals surface area contributed by atoms with Gasteiger partial charge in [-0.25, -0.2) is 9.59 Å². The molecule has 0 spiro atoms. The van der Waals surface area contributed by atoms with Crippen molar-refractivity contribution in [1.29, 1.82) is 0 Å². The van der Waals surface area contributed by atoms with Crippen molar-refractivity contribution in [2.45, 2.75) is 71.8 Å². The molecule has 0 amide bonds. The number of carbonyl (C=O) groups is 2. The van der Waals surface area contributed by atoms with E-state index in [0.717, 1.165) is 18.6 Å². The fourth-order valence-electron chi connectivity index (χ4n) is 3.26. The molecule has 1 atom stereocenters. The number of ether oxygens (including phenoxy) is 4. The second-order valence-corrected chi connectivity index (χ2v) is 8.35. The van der Waals surface area contributed by atoms with Crippen molar-refractivity contribution >= 4 is 11.9 Å². The first-order valence-corrected chi connectivity index (χ1v) is 12.4. The Balaban J connectivity index is 1.76. The van der Waals surface area contributed by atoms with Crippen LogP contribution in [0.2, 0.25) is 0 Å². The van der Waals surface area contributed by atoms with Crippen molar-refractivity contribution in [3.8, 4) is 11.5 Å². The molecule has 6 nitrogen and oxygen atoms in total. The number of carbonyl (C=O) groups excluding carboxylic acids is 2. The molecule has 0 bridgehead atoms. The van der Waals surface area contributed by atoms with Gasteiger partial charge in [0, 0.05) is 6.61 Å². The Morgan fingerprint density at radius 1 is 0.706 bits per heavy atom. The van der Waals surface area contributed by atoms with Gasteiger partial charge < -0.3 is 18.9 Å². The van der Waals surface area contributed by atoms with Crippen LogP contribution in [-0.4, -0.2) is 37.9 Å². The van der Waals surface area contributed by atoms with E-state index < -0.39 is 11.9 Å². The molecule has 0 aromatic heterocycles. The van der Waals surface area contributed by atoms with Crippen LogP contribution in [0.3, 0.4) is 0 Å². The lowest BCUT2D eigenvalue weighted by atomic mass is 10.1. The number of esters is 2. The van der Waals surface area contributed by atoms with Crippen molar-refractivity contribution in [2.24, 2.45) is 0 Å². The summed E-state index contributed by atoms with van der Waals surface area (Å²) in [4.78, 5) is 24.7. The second-order valence-electron chi connectivity index (χ2n) is 8.35. The van der Waals surface area contributed by atoms with E-state index in [9.17, 15) is 9.59 Å². The first-order chi connectivity index (χ1) is 16.5. The first kappa shape index (κ1) is 27.4. The van der Waals surface area contributed by atoms with Crippen molar-refractivity contribution in [3.63, 3.8) is 0 Å². The summed E-state index contributed by atoms with van der Waals surface area (Å²) in [5.74, 6) is 0.174. The van der Waals surface area contributed by atoms with Crippen LogP contribution >= 0.6 is 0 Å². The van der Waals surface area contributed by atoms with Gasteiger partial charge >= 0.3 is 11.9 Å². The standard InChI is InChI=1S/C28H38O6/c1-4-6-7-8-9-10-20-32-25-15-11-24(12-16-25)28(30)34-26-17-13-23(14-18-26)27(29)33-22(3)21-31-19-5-2/h11-18,22H,4-10,19-21H2,1-3H3. The van der Waals surface area contributed by atoms with Gasteiger partial charge in [-0.1, -0.05) is 46.0 Å². The van der Waals surface area contributed by atoms with Crippen molar-refractivity contribution in [3.05, 3.63) is 59.7 Å². The Morgan fingerprint density at radius 3 is 1.94 bits per heavy atom. The Kier molecular flexibility index (Phi) is 12.8. The molecule has 186 valence electrons. The van der Waals surface area contributed by atoms with Crippen LogP contribution in [0.4, 0.5) is 0 Å². The number of hydrogen-bond acceptors (Lipinski definition) is 6. The SMILES string of the molecule is CCCCCCCCOc1ccc(C(=O)Oc2ccc(C(=O)OC(C)COCCC)cc2)cc1. The van der Waals surface area contributed by atoms with Gasteiger partial charge in [-0.15, -0.1) is 0 Å². The molecule has 2 rings (SSSR count). The summed E-state index contributed by atoms with van der Waals surface area (Å²) in [7, 11) is 0. The molecule has 0 saturated carbocycles. The summed E-state index contributed by atoms with van der Waals surface area (Å²) in [5, 5.41) is 0. The largest absolute Gasteiger partial charge is 0.494 e. The monoisotopic (exact) mass is 470 g/mol. The molecule has 0 aliphatic heterocycles. The molecule has 0 radical (unpaired) electrons. The van der Waals surface area contributed by atoms with Gasteiger partial charge in [-0.3, -0.25) is 0 Å². The summed E-state index contributed by atoms with van der Waals surface area (Å²) in [5.41, 5.74) is 0.810. The highest BCUT2D eigenvalue weighted by Crippen LogP contribution is 2.18. The summed E-state index contributed by atoms with van der Waals surface area (Å²) in [6.45, 7) is 7.69. The molecule has 0 N–H and O–H groups in total. The van der Waals surface area contributed by atoms with E-state index in [1.807, 2.05) is 6.92 Å². The molecule has 0 aliphatic carbocycles. The van der Waals surface area contributed by atoms with Gasteiger partial charge in [0.05, 0.1) is 24.3 Å². The third kappa shape index (κ3) is 10.4. The van der Waals surface area contributed by atoms with Gasteiger partial charge in [0.25, 0.3) is 0 Å². The van der Waals surface area contributed by atoms with Gasteiger partial charge in [-0.05, 0) is 68.3 Å². The zero-order valence-corrected chi connectivity index (χ0v) is 20.7. The van der Waals surface area contributed by atoms with Crippen LogP contribution in [0.15, 0.2) is 48.5 Å². The molecular weight excluding hydrogens is 432 g/mol. The fourth-order valence-corrected chi connectivity index (χ4v) is 3.26. The molecule has 0 fully saturated rings. The Labute approximate surface area is 203 Å². The van der Waals surface area contributed by atoms with Crippen LogP contribution in [0.25, 0.3) is 0 Å². The predicted molar refractivity (Wildman–Crippen MR) is 133 cm³/mol. The molecule has 0 saturated heterocycles. The topological polar surface area (TPSA) is 71.1 Å². The van der Waals surface area contributed by atoms with Crippen LogP contribution in [0.1, 0.15) is 86.4 Å². The minimum atomic E-state index is -0.473. The first-order valence-electron chi connectivity index (χ1n) is 12.4. The lowest BCUT2D eigenvalue weighted by Gasteiger charge is -2.13. The fraction of sp³-hybridized carbons (Fsp3) is 0.500. The van der Waals surface area contributed by atoms with Crippen LogP contribution in [0, 0.1) is 0 Å². The molecule has 34 heavy (non-hydrogen) atoms. The van der Waals surface area contributed by atoms with Crippen LogP contribution in [-0.2, 0) is 9.47 Å². The van der Waals surface area contributed by atoms with E-state index >= 15 is 0 Å². The minimum Gasteiger partial charge on any atom is -0.494 e. The summed E-state index contributed by atoms with van der Waals surface area (Å²) in [6, 6.07) is 13.2. The Bertz CT molecular complexity index is 844. The van der Waals surface area contributed by atoms with Crippen LogP contribution in [0.5, 0.6) is 11.5 Å². The Morgan fingerprint density at radius 2 is 1.29 bits per heavy atom. The third-order valence-electron chi connectivity index (χ3n) is 5.17. The average molecular weight is 471 g/mol. The van der Waals surface area contributed by atoms with Crippen LogP contribution < -0.4 is 9.47 Å². The lowest BCUT2D eigenvalue weighted by Crippen LogP contribution is -2.20. The second kappa shape index (κ2) is 15.9. The normalized spacial score (nSPS) is 11.6. The van der Waals surface area contributed by atoms with E-state index in [0.29, 0.717) is 36.7 Å². The molecular formula is C28H38O6. The van der Waals surface area contributed by atoms with E-state index in [1.54, 1.807) is 55.5 Å². The van der Waals surface area contributed by atoms with Gasteiger partial charge in [-0.2, -0.15) is 0 Å². The number of unbranched alkanes of at least 4 members (excludes halogenated alkanes) is 5. The van der Waals surface area contributed by atoms with E-state index in [-0.39, 0.29) is 6.10 Å². The van der Waals surface area contributed by atoms with E-state index in [4.69, 9.17) is 18.9 Å². The van der Waals surface area contributed by atoms with Gasteiger partial charge in [0.2, 0.25) is 0 Å². The molecule has 2 aromatic carbocycles. The van der Waals surface area contributed by atoms with Crippen molar-refractivity contribution in [1.82, 2.24) is 0 Å². The zero-order valence-electron chi connectivity index (χ0n) is 20.7. The van der Waals surface area contributed by atoms with Gasteiger partial charge in [0.15, 0.2) is 0 Å². The smallest absolute Gasteiger partial charge is 0.343 e.